The van der Waals surface area contributed by atoms with Gasteiger partial charge < -0.3 is 0 Å². The minimum Gasteiger partial charge on any atom is -0.240 e. The topological polar surface area (TPSA) is 49.6 Å². The van der Waals surface area contributed by atoms with E-state index in [-0.39, 0.29) is 16.7 Å². The van der Waals surface area contributed by atoms with Gasteiger partial charge in [-0.25, -0.2) is 9.97 Å². The maximum absolute atomic E-state index is 8.49. The van der Waals surface area contributed by atoms with Crippen LogP contribution in [0, 0.1) is 11.3 Å². The van der Waals surface area contributed by atoms with Gasteiger partial charge in [0.05, 0.1) is 17.8 Å². The Labute approximate surface area is 73.6 Å². The number of halogens is 2. The third kappa shape index (κ3) is 1.79. The van der Waals surface area contributed by atoms with Crippen molar-refractivity contribution in [1.29, 1.82) is 5.26 Å². The summed E-state index contributed by atoms with van der Waals surface area (Å²) in [5, 5.41) is 8.74. The molecular formula is C6H3Cl2N3. The lowest BCUT2D eigenvalue weighted by molar-refractivity contribution is 1.07. The first kappa shape index (κ1) is 8.25. The number of nitrogens with zero attached hydrogens (tertiary/aromatic N) is 3. The molecule has 0 amide bonds. The number of hydrogen-bond donors (Lipinski definition) is 0. The first-order valence-corrected chi connectivity index (χ1v) is 3.66. The van der Waals surface area contributed by atoms with Gasteiger partial charge in [0.2, 0.25) is 0 Å². The Morgan fingerprint density at radius 3 is 2.91 bits per heavy atom. The predicted molar refractivity (Wildman–Crippen MR) is 41.3 cm³/mol. The van der Waals surface area contributed by atoms with E-state index in [0.717, 1.165) is 0 Å². The third-order valence-electron chi connectivity index (χ3n) is 1.05. The number of aromatic nitrogens is 2. The van der Waals surface area contributed by atoms with Crippen LogP contribution in [0.25, 0.3) is 0 Å². The highest BCUT2D eigenvalue weighted by Gasteiger charge is 2.03. The number of alkyl halides is 1. The smallest absolute Gasteiger partial charge is 0.163 e. The average Bonchev–Trinajstić information content (AvgIpc) is 2.04. The monoisotopic (exact) mass is 187 g/mol. The maximum Gasteiger partial charge on any atom is 0.163 e. The van der Waals surface area contributed by atoms with E-state index in [1.165, 1.54) is 6.20 Å². The normalized spacial score (nSPS) is 9.18. The Morgan fingerprint density at radius 2 is 2.36 bits per heavy atom. The fourth-order valence-corrected chi connectivity index (χ4v) is 0.927. The van der Waals surface area contributed by atoms with Crippen LogP contribution in [0.3, 0.4) is 0 Å². The molecule has 0 aromatic carbocycles. The second kappa shape index (κ2) is 3.51. The molecule has 56 valence electrons. The Bertz CT molecular complexity index is 305. The summed E-state index contributed by atoms with van der Waals surface area (Å²) in [4.78, 5) is 7.54. The zero-order chi connectivity index (χ0) is 8.27. The van der Waals surface area contributed by atoms with Crippen LogP contribution in [-0.2, 0) is 5.88 Å². The molecule has 0 atom stereocenters. The van der Waals surface area contributed by atoms with Crippen molar-refractivity contribution < 1.29 is 0 Å². The van der Waals surface area contributed by atoms with E-state index in [2.05, 4.69) is 9.97 Å². The van der Waals surface area contributed by atoms with Crippen molar-refractivity contribution in [3.05, 3.63) is 22.7 Å². The van der Waals surface area contributed by atoms with Crippen LogP contribution in [0.2, 0.25) is 5.15 Å². The zero-order valence-corrected chi connectivity index (χ0v) is 6.89. The van der Waals surface area contributed by atoms with Gasteiger partial charge in [-0.3, -0.25) is 0 Å². The SMILES string of the molecule is N#Cc1ncc(Cl)nc1CCl. The van der Waals surface area contributed by atoms with E-state index in [0.29, 0.717) is 5.69 Å². The van der Waals surface area contributed by atoms with Crippen LogP contribution in [0.1, 0.15) is 11.4 Å². The van der Waals surface area contributed by atoms with Crippen LogP contribution in [0.5, 0.6) is 0 Å². The molecule has 0 aliphatic carbocycles. The molecule has 0 saturated heterocycles. The second-order valence-electron chi connectivity index (χ2n) is 1.73. The standard InChI is InChI=1S/C6H3Cl2N3/c7-1-4-5(2-9)10-3-6(8)11-4/h3H,1H2. The van der Waals surface area contributed by atoms with Gasteiger partial charge >= 0.3 is 0 Å². The lowest BCUT2D eigenvalue weighted by Gasteiger charge is -1.95. The van der Waals surface area contributed by atoms with Crippen molar-refractivity contribution in [1.82, 2.24) is 9.97 Å². The summed E-state index contributed by atoms with van der Waals surface area (Å²) >= 11 is 11.0. The lowest BCUT2D eigenvalue weighted by atomic mass is 10.3. The molecule has 1 rings (SSSR count). The Hall–Kier alpha value is -0.850. The molecular weight excluding hydrogens is 185 g/mol. The molecule has 0 bridgehead atoms. The number of rotatable bonds is 1. The minimum atomic E-state index is 0.149. The van der Waals surface area contributed by atoms with E-state index in [1.807, 2.05) is 6.07 Å². The zero-order valence-electron chi connectivity index (χ0n) is 5.38. The third-order valence-corrected chi connectivity index (χ3v) is 1.48. The highest BCUT2D eigenvalue weighted by molar-refractivity contribution is 6.29. The molecule has 0 fully saturated rings. The largest absolute Gasteiger partial charge is 0.240 e. The van der Waals surface area contributed by atoms with Gasteiger partial charge in [0.1, 0.15) is 11.2 Å². The van der Waals surface area contributed by atoms with Crippen molar-refractivity contribution in [3.8, 4) is 6.07 Å². The van der Waals surface area contributed by atoms with Crippen LogP contribution in [-0.4, -0.2) is 9.97 Å². The van der Waals surface area contributed by atoms with Crippen molar-refractivity contribution in [2.24, 2.45) is 0 Å². The molecule has 0 aliphatic heterocycles. The highest BCUT2D eigenvalue weighted by Crippen LogP contribution is 2.09. The molecule has 0 unspecified atom stereocenters. The van der Waals surface area contributed by atoms with E-state index >= 15 is 0 Å². The van der Waals surface area contributed by atoms with Crippen molar-refractivity contribution in [3.63, 3.8) is 0 Å². The van der Waals surface area contributed by atoms with E-state index in [4.69, 9.17) is 28.5 Å². The van der Waals surface area contributed by atoms with Gasteiger partial charge in [-0.15, -0.1) is 11.6 Å². The van der Waals surface area contributed by atoms with Gasteiger partial charge in [-0.1, -0.05) is 11.6 Å². The van der Waals surface area contributed by atoms with Gasteiger partial charge in [0.15, 0.2) is 5.69 Å². The van der Waals surface area contributed by atoms with Gasteiger partial charge in [-0.2, -0.15) is 5.26 Å². The molecule has 0 aliphatic rings. The maximum atomic E-state index is 8.49. The summed E-state index contributed by atoms with van der Waals surface area (Å²) in [5.41, 5.74) is 0.645. The molecule has 1 aromatic rings. The highest BCUT2D eigenvalue weighted by atomic mass is 35.5. The molecule has 0 N–H and O–H groups in total. The van der Waals surface area contributed by atoms with Gasteiger partial charge in [0.25, 0.3) is 0 Å². The Balaban J connectivity index is 3.19. The Morgan fingerprint density at radius 1 is 1.64 bits per heavy atom. The molecule has 0 spiro atoms. The van der Waals surface area contributed by atoms with Crippen molar-refractivity contribution in [2.75, 3.05) is 0 Å². The second-order valence-corrected chi connectivity index (χ2v) is 2.39. The summed E-state index contributed by atoms with van der Waals surface area (Å²) in [6, 6.07) is 1.86. The fraction of sp³-hybridized carbons (Fsp3) is 0.167. The summed E-state index contributed by atoms with van der Waals surface area (Å²) in [5.74, 6) is 0.149. The fourth-order valence-electron chi connectivity index (χ4n) is 0.590. The molecule has 0 radical (unpaired) electrons. The molecule has 11 heavy (non-hydrogen) atoms. The molecule has 1 heterocycles. The van der Waals surface area contributed by atoms with Gasteiger partial charge in [-0.05, 0) is 0 Å². The van der Waals surface area contributed by atoms with E-state index < -0.39 is 0 Å². The summed E-state index contributed by atoms with van der Waals surface area (Å²) in [6.45, 7) is 0. The summed E-state index contributed by atoms with van der Waals surface area (Å²) in [7, 11) is 0. The predicted octanol–water partition coefficient (Wildman–Crippen LogP) is 1.74. The molecule has 1 aromatic heterocycles. The van der Waals surface area contributed by atoms with Crippen LogP contribution < -0.4 is 0 Å². The minimum absolute atomic E-state index is 0.149. The average molecular weight is 188 g/mol. The Kier molecular flexibility index (Phi) is 2.64. The molecule has 3 nitrogen and oxygen atoms in total. The molecule has 0 saturated carbocycles. The van der Waals surface area contributed by atoms with E-state index in [1.54, 1.807) is 0 Å². The summed E-state index contributed by atoms with van der Waals surface area (Å²) < 4.78 is 0. The lowest BCUT2D eigenvalue weighted by Crippen LogP contribution is -1.94. The van der Waals surface area contributed by atoms with Crippen LogP contribution in [0.15, 0.2) is 6.20 Å². The number of nitriles is 1. The van der Waals surface area contributed by atoms with Gasteiger partial charge in [0, 0.05) is 0 Å². The van der Waals surface area contributed by atoms with Crippen molar-refractivity contribution >= 4 is 23.2 Å². The quantitative estimate of drug-likeness (QED) is 0.630. The van der Waals surface area contributed by atoms with Crippen LogP contribution >= 0.6 is 23.2 Å². The first-order chi connectivity index (χ1) is 5.27. The first-order valence-electron chi connectivity index (χ1n) is 2.75. The van der Waals surface area contributed by atoms with Crippen LogP contribution in [0.4, 0.5) is 0 Å². The van der Waals surface area contributed by atoms with E-state index in [9.17, 15) is 0 Å². The molecule has 5 heteroatoms. The van der Waals surface area contributed by atoms with Crippen molar-refractivity contribution in [2.45, 2.75) is 5.88 Å². The number of hydrogen-bond acceptors (Lipinski definition) is 3. The summed E-state index contributed by atoms with van der Waals surface area (Å²) in [6.07, 6.45) is 1.32.